The molecule has 0 aromatic carbocycles. The van der Waals surface area contributed by atoms with Crippen molar-refractivity contribution in [2.24, 2.45) is 17.8 Å². The lowest BCUT2D eigenvalue weighted by molar-refractivity contribution is 0.444. The molecule has 2 saturated carbocycles. The SMILES string of the molecule is CC[CH]C(CCCCC1CC1)C1CC1. The molecule has 0 aromatic rings. The average molecular weight is 193 g/mol. The van der Waals surface area contributed by atoms with Crippen LogP contribution in [0.25, 0.3) is 0 Å². The van der Waals surface area contributed by atoms with Gasteiger partial charge in [0, 0.05) is 0 Å². The molecular formula is C14H25. The zero-order valence-corrected chi connectivity index (χ0v) is 9.67. The lowest BCUT2D eigenvalue weighted by Gasteiger charge is -2.14. The Labute approximate surface area is 89.5 Å². The van der Waals surface area contributed by atoms with Crippen LogP contribution in [-0.4, -0.2) is 0 Å². The van der Waals surface area contributed by atoms with Gasteiger partial charge in [0.15, 0.2) is 0 Å². The molecule has 2 aliphatic rings. The minimum Gasteiger partial charge on any atom is -0.0651 e. The van der Waals surface area contributed by atoms with E-state index in [0.29, 0.717) is 0 Å². The van der Waals surface area contributed by atoms with Crippen LogP contribution in [0.15, 0.2) is 0 Å². The second kappa shape index (κ2) is 5.19. The van der Waals surface area contributed by atoms with Crippen LogP contribution in [0, 0.1) is 24.2 Å². The maximum Gasteiger partial charge on any atom is -0.0355 e. The van der Waals surface area contributed by atoms with Crippen LogP contribution in [0.1, 0.15) is 64.7 Å². The zero-order chi connectivity index (χ0) is 9.80. The van der Waals surface area contributed by atoms with E-state index in [9.17, 15) is 0 Å². The van der Waals surface area contributed by atoms with Crippen molar-refractivity contribution in [2.45, 2.75) is 64.7 Å². The summed E-state index contributed by atoms with van der Waals surface area (Å²) in [4.78, 5) is 0. The number of unbranched alkanes of at least 4 members (excludes halogenated alkanes) is 1. The topological polar surface area (TPSA) is 0 Å². The predicted octanol–water partition coefficient (Wildman–Crippen LogP) is 4.60. The van der Waals surface area contributed by atoms with E-state index in [0.717, 1.165) is 17.8 Å². The second-order valence-electron chi connectivity index (χ2n) is 5.37. The maximum absolute atomic E-state index is 2.58. The normalized spacial score (nSPS) is 23.8. The summed E-state index contributed by atoms with van der Waals surface area (Å²) in [6, 6.07) is 0. The number of rotatable bonds is 8. The molecule has 0 heteroatoms. The van der Waals surface area contributed by atoms with Gasteiger partial charge in [0.2, 0.25) is 0 Å². The molecule has 0 aliphatic heterocycles. The van der Waals surface area contributed by atoms with Gasteiger partial charge in [-0.05, 0) is 43.4 Å². The third-order valence-corrected chi connectivity index (χ3v) is 3.86. The van der Waals surface area contributed by atoms with E-state index in [1.165, 1.54) is 57.8 Å². The van der Waals surface area contributed by atoms with E-state index in [1.807, 2.05) is 0 Å². The minimum atomic E-state index is 0.985. The molecule has 1 unspecified atom stereocenters. The van der Waals surface area contributed by atoms with Crippen molar-refractivity contribution in [3.05, 3.63) is 6.42 Å². The molecule has 0 N–H and O–H groups in total. The Morgan fingerprint density at radius 3 is 2.50 bits per heavy atom. The highest BCUT2D eigenvalue weighted by atomic mass is 14.4. The smallest absolute Gasteiger partial charge is 0.0355 e. The van der Waals surface area contributed by atoms with Crippen LogP contribution in [-0.2, 0) is 0 Å². The quantitative estimate of drug-likeness (QED) is 0.494. The first-order valence-electron chi connectivity index (χ1n) is 6.73. The van der Waals surface area contributed by atoms with Gasteiger partial charge in [-0.3, -0.25) is 0 Å². The molecule has 14 heavy (non-hydrogen) atoms. The Bertz CT molecular complexity index is 153. The summed E-state index contributed by atoms with van der Waals surface area (Å²) in [5.41, 5.74) is 0. The Morgan fingerprint density at radius 2 is 1.93 bits per heavy atom. The van der Waals surface area contributed by atoms with Crippen molar-refractivity contribution in [3.8, 4) is 0 Å². The molecule has 81 valence electrons. The molecule has 0 saturated heterocycles. The largest absolute Gasteiger partial charge is 0.0651 e. The first-order chi connectivity index (χ1) is 6.90. The van der Waals surface area contributed by atoms with Crippen LogP contribution in [0.4, 0.5) is 0 Å². The van der Waals surface area contributed by atoms with Gasteiger partial charge in [-0.2, -0.15) is 0 Å². The van der Waals surface area contributed by atoms with Gasteiger partial charge in [0.25, 0.3) is 0 Å². The lowest BCUT2D eigenvalue weighted by Crippen LogP contribution is -2.03. The summed E-state index contributed by atoms with van der Waals surface area (Å²) < 4.78 is 0. The summed E-state index contributed by atoms with van der Waals surface area (Å²) in [5.74, 6) is 3.22. The van der Waals surface area contributed by atoms with Crippen LogP contribution in [0.3, 0.4) is 0 Å². The number of hydrogen-bond acceptors (Lipinski definition) is 0. The minimum absolute atomic E-state index is 0.985. The zero-order valence-electron chi connectivity index (χ0n) is 9.67. The van der Waals surface area contributed by atoms with Crippen LogP contribution in [0.5, 0.6) is 0 Å². The van der Waals surface area contributed by atoms with Crippen molar-refractivity contribution >= 4 is 0 Å². The van der Waals surface area contributed by atoms with Crippen molar-refractivity contribution < 1.29 is 0 Å². The van der Waals surface area contributed by atoms with Crippen molar-refractivity contribution in [1.29, 1.82) is 0 Å². The van der Waals surface area contributed by atoms with Gasteiger partial charge in [0.05, 0.1) is 0 Å². The van der Waals surface area contributed by atoms with Gasteiger partial charge in [0.1, 0.15) is 0 Å². The average Bonchev–Trinajstić information content (AvgIpc) is 3.03. The van der Waals surface area contributed by atoms with Gasteiger partial charge >= 0.3 is 0 Å². The fourth-order valence-electron chi connectivity index (χ4n) is 2.59. The molecule has 0 nitrogen and oxygen atoms in total. The van der Waals surface area contributed by atoms with E-state index >= 15 is 0 Å². The Balaban J connectivity index is 1.51. The van der Waals surface area contributed by atoms with E-state index in [4.69, 9.17) is 0 Å². The molecule has 2 rings (SSSR count). The lowest BCUT2D eigenvalue weighted by atomic mass is 9.92. The summed E-state index contributed by atoms with van der Waals surface area (Å²) >= 11 is 0. The first kappa shape index (κ1) is 10.5. The fourth-order valence-corrected chi connectivity index (χ4v) is 2.59. The molecule has 0 spiro atoms. The second-order valence-corrected chi connectivity index (χ2v) is 5.37. The molecule has 0 aromatic heterocycles. The summed E-state index contributed by atoms with van der Waals surface area (Å²) in [7, 11) is 0. The Kier molecular flexibility index (Phi) is 3.89. The Morgan fingerprint density at radius 1 is 1.14 bits per heavy atom. The fraction of sp³-hybridized carbons (Fsp3) is 0.929. The van der Waals surface area contributed by atoms with Gasteiger partial charge in [-0.15, -0.1) is 0 Å². The van der Waals surface area contributed by atoms with Gasteiger partial charge in [-0.25, -0.2) is 0 Å². The summed E-state index contributed by atoms with van der Waals surface area (Å²) in [5, 5.41) is 0. The van der Waals surface area contributed by atoms with Crippen molar-refractivity contribution in [2.75, 3.05) is 0 Å². The van der Waals surface area contributed by atoms with Crippen molar-refractivity contribution in [1.82, 2.24) is 0 Å². The summed E-state index contributed by atoms with van der Waals surface area (Å²) in [6.07, 6.45) is 16.0. The first-order valence-corrected chi connectivity index (χ1v) is 6.73. The van der Waals surface area contributed by atoms with E-state index in [2.05, 4.69) is 13.3 Å². The van der Waals surface area contributed by atoms with E-state index in [-0.39, 0.29) is 0 Å². The van der Waals surface area contributed by atoms with Crippen LogP contribution >= 0.6 is 0 Å². The standard InChI is InChI=1S/C14H25/c1-2-5-13(14-10-11-14)7-4-3-6-12-8-9-12/h5,12-14H,2-4,6-11H2,1H3. The van der Waals surface area contributed by atoms with Gasteiger partial charge in [-0.1, -0.05) is 45.4 Å². The van der Waals surface area contributed by atoms with Crippen LogP contribution < -0.4 is 0 Å². The molecular weight excluding hydrogens is 168 g/mol. The van der Waals surface area contributed by atoms with E-state index < -0.39 is 0 Å². The predicted molar refractivity (Wildman–Crippen MR) is 62.0 cm³/mol. The van der Waals surface area contributed by atoms with E-state index in [1.54, 1.807) is 0 Å². The molecule has 1 atom stereocenters. The molecule has 0 heterocycles. The third kappa shape index (κ3) is 3.63. The maximum atomic E-state index is 2.58. The highest BCUT2D eigenvalue weighted by molar-refractivity contribution is 4.89. The highest BCUT2D eigenvalue weighted by Gasteiger charge is 2.30. The van der Waals surface area contributed by atoms with Crippen LogP contribution in [0.2, 0.25) is 0 Å². The molecule has 2 aliphatic carbocycles. The van der Waals surface area contributed by atoms with Gasteiger partial charge < -0.3 is 0 Å². The highest BCUT2D eigenvalue weighted by Crippen LogP contribution is 2.41. The summed E-state index contributed by atoms with van der Waals surface area (Å²) in [6.45, 7) is 2.29. The third-order valence-electron chi connectivity index (χ3n) is 3.86. The van der Waals surface area contributed by atoms with Crippen molar-refractivity contribution in [3.63, 3.8) is 0 Å². The molecule has 0 bridgehead atoms. The number of hydrogen-bond donors (Lipinski definition) is 0. The Hall–Kier alpha value is 0. The monoisotopic (exact) mass is 193 g/mol. The molecule has 1 radical (unpaired) electrons. The molecule has 0 amide bonds. The molecule has 2 fully saturated rings.